The van der Waals surface area contributed by atoms with Gasteiger partial charge in [0.05, 0.1) is 0 Å². The zero-order valence-corrected chi connectivity index (χ0v) is 10.2. The molecule has 0 saturated carbocycles. The first kappa shape index (κ1) is 12.1. The number of aromatic nitrogens is 2. The van der Waals surface area contributed by atoms with Crippen LogP contribution >= 0.6 is 23.2 Å². The zero-order valence-electron chi connectivity index (χ0n) is 8.71. The largest absolute Gasteiger partial charge is 0.505 e. The Morgan fingerprint density at radius 2 is 1.76 bits per heavy atom. The molecule has 0 saturated heterocycles. The Bertz CT molecular complexity index is 567. The molecule has 3 nitrogen and oxygen atoms in total. The minimum atomic E-state index is -0.751. The Morgan fingerprint density at radius 3 is 2.29 bits per heavy atom. The molecule has 0 aliphatic carbocycles. The van der Waals surface area contributed by atoms with Crippen LogP contribution in [0.4, 0.5) is 4.39 Å². The van der Waals surface area contributed by atoms with Crippen molar-refractivity contribution in [3.8, 4) is 17.1 Å². The van der Waals surface area contributed by atoms with Gasteiger partial charge in [0.25, 0.3) is 0 Å². The molecule has 88 valence electrons. The van der Waals surface area contributed by atoms with E-state index in [1.165, 1.54) is 12.1 Å². The van der Waals surface area contributed by atoms with Crippen LogP contribution in [0, 0.1) is 12.7 Å². The number of hydrogen-bond donors (Lipinski definition) is 1. The van der Waals surface area contributed by atoms with E-state index in [4.69, 9.17) is 28.3 Å². The lowest BCUT2D eigenvalue weighted by molar-refractivity contribution is 0.432. The second kappa shape index (κ2) is 4.47. The van der Waals surface area contributed by atoms with E-state index >= 15 is 0 Å². The molecule has 0 fully saturated rings. The number of phenolic OH excluding ortho intramolecular Hbond substituents is 1. The average molecular weight is 273 g/mol. The summed E-state index contributed by atoms with van der Waals surface area (Å²) in [5, 5.41) is 9.51. The lowest BCUT2D eigenvalue weighted by Crippen LogP contribution is -1.94. The van der Waals surface area contributed by atoms with Crippen LogP contribution in [0.5, 0.6) is 5.75 Å². The molecule has 0 atom stereocenters. The summed E-state index contributed by atoms with van der Waals surface area (Å²) in [6.45, 7) is 1.69. The number of rotatable bonds is 1. The third kappa shape index (κ3) is 2.33. The van der Waals surface area contributed by atoms with E-state index in [0.717, 1.165) is 6.07 Å². The minimum absolute atomic E-state index is 0.213. The van der Waals surface area contributed by atoms with Crippen LogP contribution in [0.15, 0.2) is 18.2 Å². The van der Waals surface area contributed by atoms with Crippen molar-refractivity contribution < 1.29 is 9.50 Å². The summed E-state index contributed by atoms with van der Waals surface area (Å²) < 4.78 is 13.2. The Kier molecular flexibility index (Phi) is 3.17. The predicted molar refractivity (Wildman–Crippen MR) is 63.8 cm³/mol. The molecule has 1 aromatic heterocycles. The minimum Gasteiger partial charge on any atom is -0.505 e. The summed E-state index contributed by atoms with van der Waals surface area (Å²) in [6, 6.07) is 3.82. The van der Waals surface area contributed by atoms with Crippen molar-refractivity contribution in [2.45, 2.75) is 6.92 Å². The van der Waals surface area contributed by atoms with Crippen LogP contribution in [0.2, 0.25) is 10.3 Å². The maximum atomic E-state index is 13.2. The summed E-state index contributed by atoms with van der Waals surface area (Å²) in [5.74, 6) is -0.971. The summed E-state index contributed by atoms with van der Waals surface area (Å²) in [7, 11) is 0. The lowest BCUT2D eigenvalue weighted by Gasteiger charge is -2.05. The van der Waals surface area contributed by atoms with Crippen molar-refractivity contribution in [1.29, 1.82) is 0 Å². The maximum absolute atomic E-state index is 13.2. The molecule has 2 aromatic rings. The van der Waals surface area contributed by atoms with Gasteiger partial charge in [0.15, 0.2) is 17.4 Å². The number of nitrogens with zero attached hydrogens (tertiary/aromatic N) is 2. The lowest BCUT2D eigenvalue weighted by atomic mass is 10.2. The molecule has 0 aliphatic heterocycles. The topological polar surface area (TPSA) is 46.0 Å². The van der Waals surface area contributed by atoms with Crippen molar-refractivity contribution in [3.05, 3.63) is 39.9 Å². The Hall–Kier alpha value is -1.39. The second-order valence-corrected chi connectivity index (χ2v) is 4.14. The van der Waals surface area contributed by atoms with E-state index in [0.29, 0.717) is 11.1 Å². The van der Waals surface area contributed by atoms with Crippen LogP contribution in [0.1, 0.15) is 5.56 Å². The monoisotopic (exact) mass is 272 g/mol. The first-order chi connectivity index (χ1) is 7.99. The van der Waals surface area contributed by atoms with Gasteiger partial charge in [0.1, 0.15) is 10.3 Å². The summed E-state index contributed by atoms with van der Waals surface area (Å²) in [5.41, 5.74) is 0.959. The van der Waals surface area contributed by atoms with Gasteiger partial charge < -0.3 is 5.11 Å². The van der Waals surface area contributed by atoms with E-state index in [2.05, 4.69) is 9.97 Å². The number of benzene rings is 1. The van der Waals surface area contributed by atoms with Gasteiger partial charge >= 0.3 is 0 Å². The van der Waals surface area contributed by atoms with Gasteiger partial charge in [0, 0.05) is 11.1 Å². The van der Waals surface area contributed by atoms with Gasteiger partial charge in [-0.25, -0.2) is 14.4 Å². The molecule has 0 spiro atoms. The van der Waals surface area contributed by atoms with Crippen LogP contribution in [0.3, 0.4) is 0 Å². The Balaban J connectivity index is 2.57. The van der Waals surface area contributed by atoms with Crippen molar-refractivity contribution in [2.24, 2.45) is 0 Å². The molecule has 1 heterocycles. The summed E-state index contributed by atoms with van der Waals surface area (Å²) in [6.07, 6.45) is 0. The molecule has 1 aromatic carbocycles. The summed E-state index contributed by atoms with van der Waals surface area (Å²) >= 11 is 11.7. The van der Waals surface area contributed by atoms with Crippen molar-refractivity contribution in [1.82, 2.24) is 9.97 Å². The molecule has 6 heteroatoms. The SMILES string of the molecule is Cc1c(Cl)nc(-c2ccc(O)c(F)c2)nc1Cl. The van der Waals surface area contributed by atoms with Crippen LogP contribution < -0.4 is 0 Å². The summed E-state index contributed by atoms with van der Waals surface area (Å²) in [4.78, 5) is 7.99. The van der Waals surface area contributed by atoms with Crippen LogP contribution in [0.25, 0.3) is 11.4 Å². The number of halogens is 3. The van der Waals surface area contributed by atoms with Gasteiger partial charge in [-0.15, -0.1) is 0 Å². The molecule has 0 radical (unpaired) electrons. The van der Waals surface area contributed by atoms with E-state index in [-0.39, 0.29) is 16.1 Å². The predicted octanol–water partition coefficient (Wildman–Crippen LogP) is 3.60. The van der Waals surface area contributed by atoms with Gasteiger partial charge in [0.2, 0.25) is 0 Å². The molecular weight excluding hydrogens is 266 g/mol. The molecular formula is C11H7Cl2FN2O. The number of aromatic hydroxyl groups is 1. The fourth-order valence-corrected chi connectivity index (χ4v) is 1.63. The highest BCUT2D eigenvalue weighted by atomic mass is 35.5. The molecule has 0 aliphatic rings. The van der Waals surface area contributed by atoms with E-state index in [1.807, 2.05) is 0 Å². The van der Waals surface area contributed by atoms with E-state index < -0.39 is 11.6 Å². The van der Waals surface area contributed by atoms with Crippen molar-refractivity contribution >= 4 is 23.2 Å². The van der Waals surface area contributed by atoms with Gasteiger partial charge in [-0.3, -0.25) is 0 Å². The quantitative estimate of drug-likeness (QED) is 0.807. The Labute approximate surface area is 107 Å². The average Bonchev–Trinajstić information content (AvgIpc) is 2.29. The van der Waals surface area contributed by atoms with Gasteiger partial charge in [-0.1, -0.05) is 23.2 Å². The first-order valence-corrected chi connectivity index (χ1v) is 5.43. The highest BCUT2D eigenvalue weighted by molar-refractivity contribution is 6.34. The highest BCUT2D eigenvalue weighted by Gasteiger charge is 2.11. The van der Waals surface area contributed by atoms with Gasteiger partial charge in [-0.05, 0) is 25.1 Å². The Morgan fingerprint density at radius 1 is 1.18 bits per heavy atom. The standard InChI is InChI=1S/C11H7Cl2FN2O/c1-5-9(12)15-11(16-10(5)13)6-2-3-8(17)7(14)4-6/h2-4,17H,1H3. The molecule has 1 N–H and O–H groups in total. The fraction of sp³-hybridized carbons (Fsp3) is 0.0909. The zero-order chi connectivity index (χ0) is 12.6. The normalized spacial score (nSPS) is 10.6. The van der Waals surface area contributed by atoms with Crippen LogP contribution in [-0.4, -0.2) is 15.1 Å². The molecule has 17 heavy (non-hydrogen) atoms. The maximum Gasteiger partial charge on any atom is 0.165 e. The smallest absolute Gasteiger partial charge is 0.165 e. The van der Waals surface area contributed by atoms with Crippen LogP contribution in [-0.2, 0) is 0 Å². The van der Waals surface area contributed by atoms with E-state index in [1.54, 1.807) is 6.92 Å². The first-order valence-electron chi connectivity index (χ1n) is 4.67. The second-order valence-electron chi connectivity index (χ2n) is 3.42. The number of hydrogen-bond acceptors (Lipinski definition) is 3. The van der Waals surface area contributed by atoms with E-state index in [9.17, 15) is 4.39 Å². The molecule has 0 amide bonds. The third-order valence-electron chi connectivity index (χ3n) is 2.23. The molecule has 2 rings (SSSR count). The molecule has 0 unspecified atom stereocenters. The fourth-order valence-electron chi connectivity index (χ4n) is 1.24. The van der Waals surface area contributed by atoms with Crippen molar-refractivity contribution in [2.75, 3.05) is 0 Å². The highest BCUT2D eigenvalue weighted by Crippen LogP contribution is 2.27. The molecule has 0 bridgehead atoms. The number of phenols is 1. The van der Waals surface area contributed by atoms with Crippen molar-refractivity contribution in [3.63, 3.8) is 0 Å². The van der Waals surface area contributed by atoms with Gasteiger partial charge in [-0.2, -0.15) is 0 Å². The third-order valence-corrected chi connectivity index (χ3v) is 2.97.